The molecule has 0 radical (unpaired) electrons. The van der Waals surface area contributed by atoms with Gasteiger partial charge >= 0.3 is 5.91 Å². The molecule has 1 aromatic heterocycles. The Labute approximate surface area is 120 Å². The zero-order valence-electron chi connectivity index (χ0n) is 12.4. The number of hydrazine groups is 1. The van der Waals surface area contributed by atoms with Gasteiger partial charge in [0.05, 0.1) is 0 Å². The highest BCUT2D eigenvalue weighted by Crippen LogP contribution is 2.23. The molecule has 5 heteroatoms. The molecular weight excluding hydrogens is 254 g/mol. The Hall–Kier alpha value is -1.33. The minimum atomic E-state index is -0.374. The molecule has 1 saturated heterocycles. The number of rotatable bonds is 4. The second-order valence-electron chi connectivity index (χ2n) is 5.65. The van der Waals surface area contributed by atoms with Crippen molar-refractivity contribution in [2.75, 3.05) is 13.1 Å². The molecular formula is C15H25N3O2. The van der Waals surface area contributed by atoms with Crippen LogP contribution in [0.15, 0.2) is 10.5 Å². The van der Waals surface area contributed by atoms with Crippen molar-refractivity contribution >= 4 is 5.91 Å². The van der Waals surface area contributed by atoms with Crippen LogP contribution in [-0.2, 0) is 6.54 Å². The van der Waals surface area contributed by atoms with Crippen LogP contribution < -0.4 is 11.3 Å². The standard InChI is InChI=1S/C15H25N3O2/c1-3-12-5-4-7-18(8-6-12)10-13-9-14(15(19)17-16)20-11(13)2/h9,12H,3-8,10,16H2,1-2H3,(H,17,19). The highest BCUT2D eigenvalue weighted by Gasteiger charge is 2.19. The van der Waals surface area contributed by atoms with Gasteiger partial charge in [-0.15, -0.1) is 0 Å². The van der Waals surface area contributed by atoms with Crippen LogP contribution in [0, 0.1) is 12.8 Å². The molecule has 1 aliphatic rings. The van der Waals surface area contributed by atoms with Crippen LogP contribution in [0.5, 0.6) is 0 Å². The van der Waals surface area contributed by atoms with Crippen LogP contribution in [-0.4, -0.2) is 23.9 Å². The largest absolute Gasteiger partial charge is 0.456 e. The SMILES string of the molecule is CCC1CCCN(Cc2cc(C(=O)NN)oc2C)CC1. The van der Waals surface area contributed by atoms with Crippen molar-refractivity contribution in [3.63, 3.8) is 0 Å². The first-order chi connectivity index (χ1) is 9.63. The maximum atomic E-state index is 11.5. The number of hydrogen-bond acceptors (Lipinski definition) is 4. The fourth-order valence-electron chi connectivity index (χ4n) is 2.89. The van der Waals surface area contributed by atoms with Crippen molar-refractivity contribution in [2.24, 2.45) is 11.8 Å². The second-order valence-corrected chi connectivity index (χ2v) is 5.65. The van der Waals surface area contributed by atoms with E-state index in [0.29, 0.717) is 5.76 Å². The van der Waals surface area contributed by atoms with E-state index in [0.717, 1.165) is 36.9 Å². The van der Waals surface area contributed by atoms with Gasteiger partial charge in [-0.3, -0.25) is 15.1 Å². The topological polar surface area (TPSA) is 71.5 Å². The fourth-order valence-corrected chi connectivity index (χ4v) is 2.89. The lowest BCUT2D eigenvalue weighted by Crippen LogP contribution is -2.29. The molecule has 5 nitrogen and oxygen atoms in total. The molecule has 2 heterocycles. The number of nitrogen functional groups attached to an aromatic ring is 1. The summed E-state index contributed by atoms with van der Waals surface area (Å²) in [6.07, 6.45) is 5.13. The number of aryl methyl sites for hydroxylation is 1. The third kappa shape index (κ3) is 3.61. The summed E-state index contributed by atoms with van der Waals surface area (Å²) >= 11 is 0. The van der Waals surface area contributed by atoms with E-state index in [9.17, 15) is 4.79 Å². The highest BCUT2D eigenvalue weighted by atomic mass is 16.4. The number of carbonyl (C=O) groups is 1. The lowest BCUT2D eigenvalue weighted by molar-refractivity contribution is 0.0924. The quantitative estimate of drug-likeness (QED) is 0.503. The number of amides is 1. The van der Waals surface area contributed by atoms with E-state index in [4.69, 9.17) is 10.3 Å². The van der Waals surface area contributed by atoms with Crippen molar-refractivity contribution in [2.45, 2.75) is 46.1 Å². The summed E-state index contributed by atoms with van der Waals surface area (Å²) in [6.45, 7) is 7.28. The Kier molecular flexibility index (Phi) is 5.20. The molecule has 1 fully saturated rings. The zero-order chi connectivity index (χ0) is 14.5. The number of furan rings is 1. The molecule has 0 bridgehead atoms. The number of nitrogens with one attached hydrogen (secondary N) is 1. The number of likely N-dealkylation sites (tertiary alicyclic amines) is 1. The van der Waals surface area contributed by atoms with Crippen molar-refractivity contribution in [3.05, 3.63) is 23.2 Å². The minimum Gasteiger partial charge on any atom is -0.456 e. The summed E-state index contributed by atoms with van der Waals surface area (Å²) < 4.78 is 5.46. The molecule has 1 unspecified atom stereocenters. The molecule has 112 valence electrons. The lowest BCUT2D eigenvalue weighted by Gasteiger charge is -2.19. The van der Waals surface area contributed by atoms with Crippen molar-refractivity contribution in [1.82, 2.24) is 10.3 Å². The summed E-state index contributed by atoms with van der Waals surface area (Å²) in [5.74, 6) is 6.72. The van der Waals surface area contributed by atoms with Crippen molar-refractivity contribution < 1.29 is 9.21 Å². The first-order valence-corrected chi connectivity index (χ1v) is 7.46. The van der Waals surface area contributed by atoms with Gasteiger partial charge in [0.25, 0.3) is 0 Å². The predicted molar refractivity (Wildman–Crippen MR) is 78.0 cm³/mol. The first-order valence-electron chi connectivity index (χ1n) is 7.46. The fraction of sp³-hybridized carbons (Fsp3) is 0.667. The third-order valence-electron chi connectivity index (χ3n) is 4.29. The monoisotopic (exact) mass is 279 g/mol. The molecule has 0 spiro atoms. The van der Waals surface area contributed by atoms with Gasteiger partial charge in [0.2, 0.25) is 0 Å². The van der Waals surface area contributed by atoms with Crippen LogP contribution in [0.1, 0.15) is 54.5 Å². The Balaban J connectivity index is 1.99. The van der Waals surface area contributed by atoms with E-state index >= 15 is 0 Å². The van der Waals surface area contributed by atoms with E-state index in [1.807, 2.05) is 6.92 Å². The van der Waals surface area contributed by atoms with Crippen LogP contribution in [0.4, 0.5) is 0 Å². The Morgan fingerprint density at radius 3 is 3.00 bits per heavy atom. The van der Waals surface area contributed by atoms with Crippen LogP contribution >= 0.6 is 0 Å². The first kappa shape index (κ1) is 15.1. The lowest BCUT2D eigenvalue weighted by atomic mass is 9.98. The Morgan fingerprint density at radius 1 is 1.50 bits per heavy atom. The summed E-state index contributed by atoms with van der Waals surface area (Å²) in [6, 6.07) is 1.81. The van der Waals surface area contributed by atoms with E-state index in [2.05, 4.69) is 17.2 Å². The maximum absolute atomic E-state index is 11.5. The number of nitrogens with zero attached hydrogens (tertiary/aromatic N) is 1. The van der Waals surface area contributed by atoms with Gasteiger partial charge < -0.3 is 4.42 Å². The molecule has 2 rings (SSSR count). The molecule has 0 aliphatic carbocycles. The molecule has 1 aromatic rings. The average molecular weight is 279 g/mol. The van der Waals surface area contributed by atoms with Crippen LogP contribution in [0.25, 0.3) is 0 Å². The summed E-state index contributed by atoms with van der Waals surface area (Å²) in [5, 5.41) is 0. The number of carbonyl (C=O) groups excluding carboxylic acids is 1. The molecule has 1 atom stereocenters. The van der Waals surface area contributed by atoms with E-state index in [1.54, 1.807) is 6.07 Å². The van der Waals surface area contributed by atoms with E-state index in [-0.39, 0.29) is 5.91 Å². The van der Waals surface area contributed by atoms with Crippen LogP contribution in [0.3, 0.4) is 0 Å². The van der Waals surface area contributed by atoms with E-state index < -0.39 is 0 Å². The maximum Gasteiger partial charge on any atom is 0.300 e. The van der Waals surface area contributed by atoms with Gasteiger partial charge in [0.1, 0.15) is 5.76 Å². The van der Waals surface area contributed by atoms with Crippen LogP contribution in [0.2, 0.25) is 0 Å². The predicted octanol–water partition coefficient (Wildman–Crippen LogP) is 2.20. The summed E-state index contributed by atoms with van der Waals surface area (Å²) in [7, 11) is 0. The van der Waals surface area contributed by atoms with Crippen molar-refractivity contribution in [1.29, 1.82) is 0 Å². The van der Waals surface area contributed by atoms with Gasteiger partial charge in [-0.1, -0.05) is 13.3 Å². The van der Waals surface area contributed by atoms with Gasteiger partial charge in [-0.05, 0) is 51.3 Å². The third-order valence-corrected chi connectivity index (χ3v) is 4.29. The number of hydrogen-bond donors (Lipinski definition) is 2. The molecule has 1 amide bonds. The average Bonchev–Trinajstić information content (AvgIpc) is 2.68. The molecule has 0 aromatic carbocycles. The highest BCUT2D eigenvalue weighted by molar-refractivity contribution is 5.91. The normalized spacial score (nSPS) is 20.6. The van der Waals surface area contributed by atoms with Gasteiger partial charge in [0.15, 0.2) is 5.76 Å². The smallest absolute Gasteiger partial charge is 0.300 e. The summed E-state index contributed by atoms with van der Waals surface area (Å²) in [4.78, 5) is 13.9. The van der Waals surface area contributed by atoms with Crippen molar-refractivity contribution in [3.8, 4) is 0 Å². The van der Waals surface area contributed by atoms with Gasteiger partial charge in [0, 0.05) is 12.1 Å². The van der Waals surface area contributed by atoms with E-state index in [1.165, 1.54) is 25.7 Å². The number of nitrogens with two attached hydrogens (primary N) is 1. The Morgan fingerprint density at radius 2 is 2.30 bits per heavy atom. The minimum absolute atomic E-state index is 0.293. The van der Waals surface area contributed by atoms with Gasteiger partial charge in [-0.25, -0.2) is 5.84 Å². The molecule has 20 heavy (non-hydrogen) atoms. The molecule has 1 aliphatic heterocycles. The zero-order valence-corrected chi connectivity index (χ0v) is 12.4. The van der Waals surface area contributed by atoms with Gasteiger partial charge in [-0.2, -0.15) is 0 Å². The second kappa shape index (κ2) is 6.90. The Bertz CT molecular complexity index is 456. The molecule has 0 saturated carbocycles. The summed E-state index contributed by atoms with van der Waals surface area (Å²) in [5.41, 5.74) is 3.18. The molecule has 3 N–H and O–H groups in total.